The first-order valence-corrected chi connectivity index (χ1v) is 10.7. The van der Waals surface area contributed by atoms with Gasteiger partial charge in [0.05, 0.1) is 25.6 Å². The Balaban J connectivity index is 1.54. The Hall–Kier alpha value is -4.53. The third-order valence-electron chi connectivity index (χ3n) is 4.36. The fourth-order valence-electron chi connectivity index (χ4n) is 2.77. The van der Waals surface area contributed by atoms with Crippen LogP contribution in [0.2, 0.25) is 0 Å². The summed E-state index contributed by atoms with van der Waals surface area (Å²) >= 11 is 0. The Labute approximate surface area is 197 Å². The van der Waals surface area contributed by atoms with E-state index in [0.29, 0.717) is 13.2 Å². The van der Waals surface area contributed by atoms with Crippen molar-refractivity contribution in [2.45, 2.75) is 13.8 Å². The minimum Gasteiger partial charge on any atom is -0.494 e. The lowest BCUT2D eigenvalue weighted by atomic mass is 10.2. The Morgan fingerprint density at radius 2 is 1.15 bits per heavy atom. The SMILES string of the molecule is CCOc1ccc(C=NNC(=O)c2cccc(C(=O)NN=Cc3ccc(OCC)cc3)n2)cc1. The Kier molecular flexibility index (Phi) is 8.86. The van der Waals surface area contributed by atoms with Crippen LogP contribution in [-0.2, 0) is 0 Å². The minimum atomic E-state index is -0.547. The molecule has 2 N–H and O–H groups in total. The maximum absolute atomic E-state index is 12.3. The van der Waals surface area contributed by atoms with E-state index in [-0.39, 0.29) is 11.4 Å². The maximum atomic E-state index is 12.3. The van der Waals surface area contributed by atoms with Crippen LogP contribution in [0.5, 0.6) is 11.5 Å². The Morgan fingerprint density at radius 1 is 0.735 bits per heavy atom. The molecule has 2 aromatic carbocycles. The van der Waals surface area contributed by atoms with Gasteiger partial charge >= 0.3 is 0 Å². The van der Waals surface area contributed by atoms with Gasteiger partial charge in [0, 0.05) is 0 Å². The fourth-order valence-corrected chi connectivity index (χ4v) is 2.77. The Morgan fingerprint density at radius 3 is 1.53 bits per heavy atom. The quantitative estimate of drug-likeness (QED) is 0.356. The molecule has 0 aliphatic heterocycles. The largest absolute Gasteiger partial charge is 0.494 e. The second-order valence-corrected chi connectivity index (χ2v) is 6.81. The second kappa shape index (κ2) is 12.5. The zero-order valence-electron chi connectivity index (χ0n) is 18.9. The van der Waals surface area contributed by atoms with Crippen LogP contribution < -0.4 is 20.3 Å². The summed E-state index contributed by atoms with van der Waals surface area (Å²) in [5.74, 6) is 0.419. The summed E-state index contributed by atoms with van der Waals surface area (Å²) in [7, 11) is 0. The van der Waals surface area contributed by atoms with Gasteiger partial charge in [0.1, 0.15) is 22.9 Å². The van der Waals surface area contributed by atoms with Crippen LogP contribution in [0.15, 0.2) is 76.9 Å². The van der Waals surface area contributed by atoms with E-state index in [9.17, 15) is 9.59 Å². The monoisotopic (exact) mass is 459 g/mol. The van der Waals surface area contributed by atoms with Gasteiger partial charge in [0.15, 0.2) is 0 Å². The molecule has 174 valence electrons. The summed E-state index contributed by atoms with van der Waals surface area (Å²) in [4.78, 5) is 28.8. The van der Waals surface area contributed by atoms with Crippen molar-refractivity contribution in [1.82, 2.24) is 15.8 Å². The molecule has 0 aliphatic carbocycles. The van der Waals surface area contributed by atoms with Crippen molar-refractivity contribution in [3.05, 3.63) is 89.2 Å². The zero-order chi connectivity index (χ0) is 24.2. The predicted molar refractivity (Wildman–Crippen MR) is 130 cm³/mol. The van der Waals surface area contributed by atoms with Gasteiger partial charge < -0.3 is 9.47 Å². The molecule has 0 aliphatic rings. The van der Waals surface area contributed by atoms with E-state index in [1.54, 1.807) is 6.07 Å². The average molecular weight is 460 g/mol. The van der Waals surface area contributed by atoms with Crippen molar-refractivity contribution in [2.75, 3.05) is 13.2 Å². The lowest BCUT2D eigenvalue weighted by Crippen LogP contribution is -2.23. The molecular formula is C25H25N5O4. The van der Waals surface area contributed by atoms with E-state index in [0.717, 1.165) is 22.6 Å². The van der Waals surface area contributed by atoms with Crippen molar-refractivity contribution < 1.29 is 19.1 Å². The lowest BCUT2D eigenvalue weighted by molar-refractivity contribution is 0.0945. The van der Waals surface area contributed by atoms with E-state index in [2.05, 4.69) is 26.0 Å². The number of carbonyl (C=O) groups is 2. The highest BCUT2D eigenvalue weighted by molar-refractivity contribution is 5.97. The molecule has 1 aromatic heterocycles. The molecule has 0 saturated carbocycles. The van der Waals surface area contributed by atoms with Crippen molar-refractivity contribution in [3.63, 3.8) is 0 Å². The molecular weight excluding hydrogens is 434 g/mol. The van der Waals surface area contributed by atoms with Crippen molar-refractivity contribution in [1.29, 1.82) is 0 Å². The first-order chi connectivity index (χ1) is 16.6. The van der Waals surface area contributed by atoms with Crippen LogP contribution in [-0.4, -0.2) is 42.4 Å². The second-order valence-electron chi connectivity index (χ2n) is 6.81. The lowest BCUT2D eigenvalue weighted by Gasteiger charge is -2.04. The van der Waals surface area contributed by atoms with Crippen molar-refractivity contribution >= 4 is 24.2 Å². The number of hydrazone groups is 2. The molecule has 1 heterocycles. The van der Waals surface area contributed by atoms with Gasteiger partial charge in [-0.05, 0) is 85.6 Å². The number of ether oxygens (including phenoxy) is 2. The van der Waals surface area contributed by atoms with Crippen LogP contribution in [0.1, 0.15) is 46.0 Å². The van der Waals surface area contributed by atoms with Gasteiger partial charge in [-0.25, -0.2) is 15.8 Å². The summed E-state index contributed by atoms with van der Waals surface area (Å²) in [6, 6.07) is 19.1. The Bertz CT molecular complexity index is 1070. The fraction of sp³-hybridized carbons (Fsp3) is 0.160. The summed E-state index contributed by atoms with van der Waals surface area (Å²) < 4.78 is 10.8. The zero-order valence-corrected chi connectivity index (χ0v) is 18.9. The van der Waals surface area contributed by atoms with E-state index < -0.39 is 11.8 Å². The number of benzene rings is 2. The van der Waals surface area contributed by atoms with E-state index in [4.69, 9.17) is 9.47 Å². The molecule has 0 spiro atoms. The predicted octanol–water partition coefficient (Wildman–Crippen LogP) is 3.41. The number of rotatable bonds is 10. The molecule has 0 atom stereocenters. The van der Waals surface area contributed by atoms with E-state index in [1.165, 1.54) is 24.6 Å². The van der Waals surface area contributed by atoms with Crippen LogP contribution >= 0.6 is 0 Å². The third kappa shape index (κ3) is 7.27. The van der Waals surface area contributed by atoms with Gasteiger partial charge in [-0.3, -0.25) is 9.59 Å². The molecule has 0 bridgehead atoms. The summed E-state index contributed by atoms with van der Waals surface area (Å²) in [6.07, 6.45) is 3.00. The highest BCUT2D eigenvalue weighted by Crippen LogP contribution is 2.11. The molecule has 34 heavy (non-hydrogen) atoms. The highest BCUT2D eigenvalue weighted by Gasteiger charge is 2.11. The number of hydrogen-bond acceptors (Lipinski definition) is 7. The van der Waals surface area contributed by atoms with Gasteiger partial charge in [0.2, 0.25) is 0 Å². The summed E-state index contributed by atoms with van der Waals surface area (Å²) in [6.45, 7) is 4.99. The molecule has 3 rings (SSSR count). The third-order valence-corrected chi connectivity index (χ3v) is 4.36. The number of nitrogens with one attached hydrogen (secondary N) is 2. The van der Waals surface area contributed by atoms with Crippen LogP contribution in [0, 0.1) is 0 Å². The average Bonchev–Trinajstić information content (AvgIpc) is 2.86. The highest BCUT2D eigenvalue weighted by atomic mass is 16.5. The van der Waals surface area contributed by atoms with Crippen molar-refractivity contribution in [2.24, 2.45) is 10.2 Å². The standard InChI is InChI=1S/C25H25N5O4/c1-3-33-20-12-8-18(9-13-20)16-26-29-24(31)22-6-5-7-23(28-22)25(32)30-27-17-19-10-14-21(15-11-19)34-4-2/h5-17H,3-4H2,1-2H3,(H,29,31)(H,30,32). The first kappa shape index (κ1) is 24.1. The van der Waals surface area contributed by atoms with Crippen LogP contribution in [0.3, 0.4) is 0 Å². The van der Waals surface area contributed by atoms with Crippen LogP contribution in [0.25, 0.3) is 0 Å². The molecule has 0 fully saturated rings. The van der Waals surface area contributed by atoms with Gasteiger partial charge in [-0.15, -0.1) is 0 Å². The topological polar surface area (TPSA) is 114 Å². The molecule has 3 aromatic rings. The van der Waals surface area contributed by atoms with Crippen molar-refractivity contribution in [3.8, 4) is 11.5 Å². The van der Waals surface area contributed by atoms with Gasteiger partial charge in [-0.1, -0.05) is 6.07 Å². The molecule has 2 amide bonds. The number of amides is 2. The molecule has 0 unspecified atom stereocenters. The van der Waals surface area contributed by atoms with E-state index in [1.807, 2.05) is 62.4 Å². The number of aromatic nitrogens is 1. The minimum absolute atomic E-state index is 0.0481. The van der Waals surface area contributed by atoms with E-state index >= 15 is 0 Å². The van der Waals surface area contributed by atoms with Gasteiger partial charge in [-0.2, -0.15) is 10.2 Å². The molecule has 0 radical (unpaired) electrons. The molecule has 9 heteroatoms. The number of nitrogens with zero attached hydrogens (tertiary/aromatic N) is 3. The van der Waals surface area contributed by atoms with Crippen LogP contribution in [0.4, 0.5) is 0 Å². The summed E-state index contributed by atoms with van der Waals surface area (Å²) in [5.41, 5.74) is 6.46. The smallest absolute Gasteiger partial charge is 0.289 e. The number of hydrogen-bond donors (Lipinski definition) is 2. The normalized spacial score (nSPS) is 10.9. The molecule has 9 nitrogen and oxygen atoms in total. The van der Waals surface area contributed by atoms with Gasteiger partial charge in [0.25, 0.3) is 11.8 Å². The molecule has 0 saturated heterocycles. The number of carbonyl (C=O) groups excluding carboxylic acids is 2. The summed E-state index contributed by atoms with van der Waals surface area (Å²) in [5, 5.41) is 7.86. The number of pyridine rings is 1. The maximum Gasteiger partial charge on any atom is 0.289 e. The first-order valence-electron chi connectivity index (χ1n) is 10.7.